The van der Waals surface area contributed by atoms with E-state index >= 15 is 0 Å². The Morgan fingerprint density at radius 3 is 2.50 bits per heavy atom. The van der Waals surface area contributed by atoms with Gasteiger partial charge in [0, 0.05) is 6.07 Å². The van der Waals surface area contributed by atoms with Gasteiger partial charge in [-0.05, 0) is 17.7 Å². The van der Waals surface area contributed by atoms with Gasteiger partial charge in [0.15, 0.2) is 0 Å². The van der Waals surface area contributed by atoms with Crippen molar-refractivity contribution < 1.29 is 25.0 Å². The lowest BCUT2D eigenvalue weighted by molar-refractivity contribution is -0.383. The fourth-order valence-corrected chi connectivity index (χ4v) is 1.44. The molecule has 0 heterocycles. The Balaban J connectivity index is 2.93. The molecule has 0 aliphatic rings. The highest BCUT2D eigenvalue weighted by atomic mass is 16.6. The molecule has 0 aliphatic carbocycles. The van der Waals surface area contributed by atoms with Crippen LogP contribution in [0.5, 0.6) is 0 Å². The van der Waals surface area contributed by atoms with E-state index in [1.54, 1.807) is 0 Å². The first-order valence-electron chi connectivity index (χ1n) is 4.94. The van der Waals surface area contributed by atoms with Crippen molar-refractivity contribution in [2.24, 2.45) is 0 Å². The minimum Gasteiger partial charge on any atom is -0.481 e. The second kappa shape index (κ2) is 5.43. The molecule has 0 saturated heterocycles. The van der Waals surface area contributed by atoms with Gasteiger partial charge in [0.1, 0.15) is 11.8 Å². The van der Waals surface area contributed by atoms with Crippen LogP contribution in [0.4, 0.5) is 11.4 Å². The number of carboxylic acid groups (broad SMARTS) is 1. The zero-order valence-corrected chi connectivity index (χ0v) is 9.18. The van der Waals surface area contributed by atoms with Crippen LogP contribution in [0, 0.1) is 10.1 Å². The van der Waals surface area contributed by atoms with Gasteiger partial charge in [0.05, 0.1) is 17.4 Å². The first kappa shape index (κ1) is 13.9. The Hall–Kier alpha value is -2.19. The number of rotatable bonds is 5. The van der Waals surface area contributed by atoms with Crippen molar-refractivity contribution in [2.75, 3.05) is 5.73 Å². The maximum atomic E-state index is 10.5. The molecular weight excluding hydrogens is 244 g/mol. The number of nitro benzene ring substituents is 1. The molecule has 1 aromatic rings. The molecule has 5 N–H and O–H groups in total. The molecule has 0 amide bonds. The third-order valence-electron chi connectivity index (χ3n) is 2.34. The van der Waals surface area contributed by atoms with Gasteiger partial charge in [-0.1, -0.05) is 0 Å². The van der Waals surface area contributed by atoms with Crippen molar-refractivity contribution in [3.63, 3.8) is 0 Å². The molecule has 2 unspecified atom stereocenters. The van der Waals surface area contributed by atoms with E-state index in [-0.39, 0.29) is 16.9 Å². The Bertz CT molecular complexity index is 475. The van der Waals surface area contributed by atoms with Crippen LogP contribution in [0.1, 0.15) is 18.1 Å². The number of nitrogen functional groups attached to an aromatic ring is 1. The minimum absolute atomic E-state index is 0.117. The number of carbonyl (C=O) groups is 1. The molecule has 0 aromatic heterocycles. The van der Waals surface area contributed by atoms with Gasteiger partial charge in [-0.15, -0.1) is 0 Å². The van der Waals surface area contributed by atoms with Gasteiger partial charge in [0.2, 0.25) is 0 Å². The average molecular weight is 256 g/mol. The summed E-state index contributed by atoms with van der Waals surface area (Å²) in [7, 11) is 0. The second-order valence-electron chi connectivity index (χ2n) is 3.69. The zero-order valence-electron chi connectivity index (χ0n) is 9.18. The number of anilines is 1. The summed E-state index contributed by atoms with van der Waals surface area (Å²) in [5, 5.41) is 38.0. The number of nitrogens with zero attached hydrogens (tertiary/aromatic N) is 1. The number of benzene rings is 1. The fourth-order valence-electron chi connectivity index (χ4n) is 1.44. The maximum absolute atomic E-state index is 10.5. The van der Waals surface area contributed by atoms with Crippen molar-refractivity contribution in [1.29, 1.82) is 0 Å². The molecule has 0 bridgehead atoms. The van der Waals surface area contributed by atoms with Crippen molar-refractivity contribution >= 4 is 17.3 Å². The molecule has 0 aliphatic heterocycles. The van der Waals surface area contributed by atoms with Gasteiger partial charge in [-0.25, -0.2) is 0 Å². The highest BCUT2D eigenvalue weighted by molar-refractivity contribution is 5.67. The van der Waals surface area contributed by atoms with E-state index in [2.05, 4.69) is 0 Å². The van der Waals surface area contributed by atoms with E-state index in [4.69, 9.17) is 10.8 Å². The highest BCUT2D eigenvalue weighted by Gasteiger charge is 2.23. The number of carboxylic acids is 1. The Morgan fingerprint density at radius 1 is 1.44 bits per heavy atom. The van der Waals surface area contributed by atoms with Crippen LogP contribution in [-0.2, 0) is 4.79 Å². The summed E-state index contributed by atoms with van der Waals surface area (Å²) in [4.78, 5) is 20.2. The third-order valence-corrected chi connectivity index (χ3v) is 2.34. The number of aliphatic hydroxyl groups is 2. The molecule has 0 spiro atoms. The number of nitrogens with two attached hydrogens (primary N) is 1. The van der Waals surface area contributed by atoms with E-state index in [1.165, 1.54) is 6.07 Å². The average Bonchev–Trinajstić information content (AvgIpc) is 2.26. The fraction of sp³-hybridized carbons (Fsp3) is 0.300. The number of hydrogen-bond donors (Lipinski definition) is 4. The lowest BCUT2D eigenvalue weighted by Gasteiger charge is -2.16. The molecule has 8 heteroatoms. The van der Waals surface area contributed by atoms with E-state index in [0.717, 1.165) is 12.1 Å². The molecule has 18 heavy (non-hydrogen) atoms. The predicted octanol–water partition coefficient (Wildman–Crippen LogP) is 0.0460. The van der Waals surface area contributed by atoms with Gasteiger partial charge < -0.3 is 21.1 Å². The van der Waals surface area contributed by atoms with Crippen LogP contribution in [0.2, 0.25) is 0 Å². The molecule has 98 valence electrons. The van der Waals surface area contributed by atoms with Crippen molar-refractivity contribution in [3.05, 3.63) is 33.9 Å². The third kappa shape index (κ3) is 3.15. The molecular formula is C10H12N2O6. The summed E-state index contributed by atoms with van der Waals surface area (Å²) in [6, 6.07) is 3.43. The standard InChI is InChI=1S/C10H12N2O6/c11-6-3-5(1-2-7(6)12(17)18)10(16)8(13)4-9(14)15/h1-3,8,10,13,16H,4,11H2,(H,14,15). The Kier molecular flexibility index (Phi) is 4.18. The number of hydrogen-bond acceptors (Lipinski definition) is 6. The van der Waals surface area contributed by atoms with Crippen molar-refractivity contribution in [2.45, 2.75) is 18.6 Å². The molecule has 0 fully saturated rings. The summed E-state index contributed by atoms with van der Waals surface area (Å²) >= 11 is 0. The van der Waals surface area contributed by atoms with Crippen LogP contribution < -0.4 is 5.73 Å². The van der Waals surface area contributed by atoms with Crippen LogP contribution >= 0.6 is 0 Å². The van der Waals surface area contributed by atoms with Gasteiger partial charge >= 0.3 is 5.97 Å². The van der Waals surface area contributed by atoms with Crippen molar-refractivity contribution in [3.8, 4) is 0 Å². The first-order valence-corrected chi connectivity index (χ1v) is 4.94. The SMILES string of the molecule is Nc1cc(C(O)C(O)CC(=O)O)ccc1[N+](=O)[O-]. The smallest absolute Gasteiger partial charge is 0.306 e. The van der Waals surface area contributed by atoms with Gasteiger partial charge in [-0.2, -0.15) is 0 Å². The molecule has 1 rings (SSSR count). The highest BCUT2D eigenvalue weighted by Crippen LogP contribution is 2.27. The Labute approximate surface area is 101 Å². The van der Waals surface area contributed by atoms with Crippen LogP contribution in [0.25, 0.3) is 0 Å². The summed E-state index contributed by atoms with van der Waals surface area (Å²) in [6.07, 6.45) is -3.62. The summed E-state index contributed by atoms with van der Waals surface area (Å²) in [5.41, 5.74) is 5.04. The predicted molar refractivity (Wildman–Crippen MR) is 60.7 cm³/mol. The lowest BCUT2D eigenvalue weighted by atomic mass is 10.0. The summed E-state index contributed by atoms with van der Waals surface area (Å²) < 4.78 is 0. The first-order chi connectivity index (χ1) is 8.32. The molecule has 0 radical (unpaired) electrons. The van der Waals surface area contributed by atoms with Crippen LogP contribution in [0.3, 0.4) is 0 Å². The van der Waals surface area contributed by atoms with Crippen LogP contribution in [0.15, 0.2) is 18.2 Å². The minimum atomic E-state index is -1.51. The summed E-state index contributed by atoms with van der Waals surface area (Å²) in [5.74, 6) is -1.27. The lowest BCUT2D eigenvalue weighted by Crippen LogP contribution is -2.21. The van der Waals surface area contributed by atoms with E-state index in [0.29, 0.717) is 0 Å². The summed E-state index contributed by atoms with van der Waals surface area (Å²) in [6.45, 7) is 0. The molecule has 2 atom stereocenters. The van der Waals surface area contributed by atoms with Crippen molar-refractivity contribution in [1.82, 2.24) is 0 Å². The number of nitro groups is 1. The second-order valence-corrected chi connectivity index (χ2v) is 3.69. The van der Waals surface area contributed by atoms with E-state index in [9.17, 15) is 25.1 Å². The maximum Gasteiger partial charge on any atom is 0.306 e. The molecule has 0 saturated carbocycles. The number of aliphatic hydroxyl groups excluding tert-OH is 2. The zero-order chi connectivity index (χ0) is 13.9. The van der Waals surface area contributed by atoms with Gasteiger partial charge in [-0.3, -0.25) is 14.9 Å². The van der Waals surface area contributed by atoms with Crippen LogP contribution in [-0.4, -0.2) is 32.3 Å². The van der Waals surface area contributed by atoms with E-state index < -0.39 is 29.5 Å². The molecule has 1 aromatic carbocycles. The largest absolute Gasteiger partial charge is 0.481 e. The topological polar surface area (TPSA) is 147 Å². The number of aliphatic carboxylic acids is 1. The Morgan fingerprint density at radius 2 is 2.06 bits per heavy atom. The van der Waals surface area contributed by atoms with E-state index in [1.807, 2.05) is 0 Å². The van der Waals surface area contributed by atoms with Gasteiger partial charge in [0.25, 0.3) is 5.69 Å². The molecule has 8 nitrogen and oxygen atoms in total. The quantitative estimate of drug-likeness (QED) is 0.330. The monoisotopic (exact) mass is 256 g/mol. The normalized spacial score (nSPS) is 13.9.